The van der Waals surface area contributed by atoms with Crippen molar-refractivity contribution in [1.29, 1.82) is 0 Å². The standard InChI is InChI=1S/C13H16BrFN2O.ClH/c1-8-6-9(4-5-16-8)13(18)17-12-3-2-10(14)7-11(12)15;/h2-3,7-9,16H,4-6H2,1H3,(H,17,18);1H/t8-,9-;/m0./s1. The number of amides is 1. The lowest BCUT2D eigenvalue weighted by Crippen LogP contribution is -2.40. The Morgan fingerprint density at radius 2 is 2.26 bits per heavy atom. The van der Waals surface area contributed by atoms with E-state index in [1.807, 2.05) is 0 Å². The van der Waals surface area contributed by atoms with Crippen molar-refractivity contribution in [3.63, 3.8) is 0 Å². The summed E-state index contributed by atoms with van der Waals surface area (Å²) in [7, 11) is 0. The molecule has 0 radical (unpaired) electrons. The van der Waals surface area contributed by atoms with E-state index in [0.717, 1.165) is 19.4 Å². The molecule has 1 heterocycles. The second kappa shape index (κ2) is 7.22. The Hall–Kier alpha value is -0.650. The highest BCUT2D eigenvalue weighted by atomic mass is 79.9. The van der Waals surface area contributed by atoms with Gasteiger partial charge in [0.05, 0.1) is 5.69 Å². The maximum atomic E-state index is 13.6. The molecule has 1 fully saturated rings. The van der Waals surface area contributed by atoms with Gasteiger partial charge in [0.1, 0.15) is 5.82 Å². The highest BCUT2D eigenvalue weighted by Gasteiger charge is 2.25. The van der Waals surface area contributed by atoms with Crippen LogP contribution in [0.15, 0.2) is 22.7 Å². The lowest BCUT2D eigenvalue weighted by molar-refractivity contribution is -0.120. The first-order valence-electron chi connectivity index (χ1n) is 6.05. The van der Waals surface area contributed by atoms with E-state index >= 15 is 0 Å². The molecular weight excluding hydrogens is 335 g/mol. The number of hydrogen-bond donors (Lipinski definition) is 2. The number of carbonyl (C=O) groups is 1. The molecule has 0 saturated carbocycles. The van der Waals surface area contributed by atoms with Crippen LogP contribution in [0.5, 0.6) is 0 Å². The number of anilines is 1. The Morgan fingerprint density at radius 3 is 2.89 bits per heavy atom. The van der Waals surface area contributed by atoms with Crippen LogP contribution in [0.25, 0.3) is 0 Å². The fraction of sp³-hybridized carbons (Fsp3) is 0.462. The average Bonchev–Trinajstić information content (AvgIpc) is 2.32. The van der Waals surface area contributed by atoms with Crippen LogP contribution in [0, 0.1) is 11.7 Å². The first-order chi connectivity index (χ1) is 8.56. The Kier molecular flexibility index (Phi) is 6.23. The van der Waals surface area contributed by atoms with Gasteiger partial charge in [0, 0.05) is 16.4 Å². The Labute approximate surface area is 126 Å². The van der Waals surface area contributed by atoms with E-state index in [0.29, 0.717) is 10.5 Å². The van der Waals surface area contributed by atoms with Gasteiger partial charge in [0.25, 0.3) is 0 Å². The van der Waals surface area contributed by atoms with Crippen molar-refractivity contribution in [1.82, 2.24) is 5.32 Å². The van der Waals surface area contributed by atoms with E-state index in [4.69, 9.17) is 0 Å². The molecule has 1 amide bonds. The second-order valence-electron chi connectivity index (χ2n) is 4.69. The minimum absolute atomic E-state index is 0. The molecule has 0 bridgehead atoms. The van der Waals surface area contributed by atoms with Gasteiger partial charge in [-0.05, 0) is 44.5 Å². The smallest absolute Gasteiger partial charge is 0.227 e. The summed E-state index contributed by atoms with van der Waals surface area (Å²) in [5.74, 6) is -0.548. The van der Waals surface area contributed by atoms with Crippen LogP contribution in [0.3, 0.4) is 0 Å². The lowest BCUT2D eigenvalue weighted by atomic mass is 9.92. The maximum Gasteiger partial charge on any atom is 0.227 e. The van der Waals surface area contributed by atoms with Crippen molar-refractivity contribution in [2.75, 3.05) is 11.9 Å². The summed E-state index contributed by atoms with van der Waals surface area (Å²) in [5, 5.41) is 5.95. The fourth-order valence-corrected chi connectivity index (χ4v) is 2.53. The molecule has 2 N–H and O–H groups in total. The number of benzene rings is 1. The second-order valence-corrected chi connectivity index (χ2v) is 5.61. The van der Waals surface area contributed by atoms with E-state index in [9.17, 15) is 9.18 Å². The van der Waals surface area contributed by atoms with Gasteiger partial charge in [-0.2, -0.15) is 0 Å². The topological polar surface area (TPSA) is 41.1 Å². The van der Waals surface area contributed by atoms with E-state index in [1.54, 1.807) is 12.1 Å². The van der Waals surface area contributed by atoms with Gasteiger partial charge in [-0.3, -0.25) is 4.79 Å². The number of carbonyl (C=O) groups excluding carboxylic acids is 1. The summed E-state index contributed by atoms with van der Waals surface area (Å²) in [6.07, 6.45) is 1.60. The normalized spacial score (nSPS) is 22.5. The van der Waals surface area contributed by atoms with Gasteiger partial charge in [-0.1, -0.05) is 15.9 Å². The fourth-order valence-electron chi connectivity index (χ4n) is 2.20. The minimum atomic E-state index is -0.417. The summed E-state index contributed by atoms with van der Waals surface area (Å²) in [5.41, 5.74) is 0.245. The third-order valence-corrected chi connectivity index (χ3v) is 3.68. The highest BCUT2D eigenvalue weighted by molar-refractivity contribution is 9.10. The van der Waals surface area contributed by atoms with Gasteiger partial charge in [-0.15, -0.1) is 12.4 Å². The van der Waals surface area contributed by atoms with Crippen molar-refractivity contribution < 1.29 is 9.18 Å². The predicted octanol–water partition coefficient (Wildman–Crippen LogP) is 3.34. The number of hydrogen-bond acceptors (Lipinski definition) is 2. The van der Waals surface area contributed by atoms with Crippen LogP contribution < -0.4 is 10.6 Å². The van der Waals surface area contributed by atoms with Crippen LogP contribution in [0.1, 0.15) is 19.8 Å². The molecule has 1 aromatic carbocycles. The lowest BCUT2D eigenvalue weighted by Gasteiger charge is -2.27. The van der Waals surface area contributed by atoms with Gasteiger partial charge in [0.2, 0.25) is 5.91 Å². The van der Waals surface area contributed by atoms with E-state index in [1.165, 1.54) is 6.07 Å². The zero-order valence-corrected chi connectivity index (χ0v) is 13.0. The number of halogens is 3. The minimum Gasteiger partial charge on any atom is -0.323 e. The number of nitrogens with one attached hydrogen (secondary N) is 2. The molecule has 106 valence electrons. The summed E-state index contributed by atoms with van der Waals surface area (Å²) in [6.45, 7) is 2.89. The maximum absolute atomic E-state index is 13.6. The molecule has 1 saturated heterocycles. The predicted molar refractivity (Wildman–Crippen MR) is 80.2 cm³/mol. The highest BCUT2D eigenvalue weighted by Crippen LogP contribution is 2.22. The number of piperidine rings is 1. The molecule has 0 aliphatic carbocycles. The summed E-state index contributed by atoms with van der Waals surface area (Å²) in [4.78, 5) is 12.0. The molecule has 2 rings (SSSR count). The van der Waals surface area contributed by atoms with E-state index < -0.39 is 5.82 Å². The van der Waals surface area contributed by atoms with Crippen molar-refractivity contribution >= 4 is 39.9 Å². The molecule has 0 spiro atoms. The van der Waals surface area contributed by atoms with Gasteiger partial charge in [0.15, 0.2) is 0 Å². The zero-order valence-electron chi connectivity index (χ0n) is 10.6. The quantitative estimate of drug-likeness (QED) is 0.858. The molecule has 0 aromatic heterocycles. The SMILES string of the molecule is C[C@H]1C[C@@H](C(=O)Nc2ccc(Br)cc2F)CCN1.Cl. The zero-order chi connectivity index (χ0) is 13.1. The van der Waals surface area contributed by atoms with Gasteiger partial charge >= 0.3 is 0 Å². The van der Waals surface area contributed by atoms with Crippen molar-refractivity contribution in [3.05, 3.63) is 28.5 Å². The average molecular weight is 352 g/mol. The summed E-state index contributed by atoms with van der Waals surface area (Å²) >= 11 is 3.19. The molecule has 1 aromatic rings. The van der Waals surface area contributed by atoms with Crippen molar-refractivity contribution in [2.45, 2.75) is 25.8 Å². The molecule has 19 heavy (non-hydrogen) atoms. The largest absolute Gasteiger partial charge is 0.323 e. The van der Waals surface area contributed by atoms with E-state index in [2.05, 4.69) is 33.5 Å². The molecule has 2 atom stereocenters. The first kappa shape index (κ1) is 16.4. The monoisotopic (exact) mass is 350 g/mol. The van der Waals surface area contributed by atoms with Crippen LogP contribution in [-0.4, -0.2) is 18.5 Å². The third-order valence-electron chi connectivity index (χ3n) is 3.18. The van der Waals surface area contributed by atoms with Gasteiger partial charge < -0.3 is 10.6 Å². The number of rotatable bonds is 2. The van der Waals surface area contributed by atoms with Crippen LogP contribution in [-0.2, 0) is 4.79 Å². The van der Waals surface area contributed by atoms with Crippen molar-refractivity contribution in [3.8, 4) is 0 Å². The Bertz CT molecular complexity index is 458. The molecule has 1 aliphatic rings. The summed E-state index contributed by atoms with van der Waals surface area (Å²) in [6, 6.07) is 4.97. The van der Waals surface area contributed by atoms with Gasteiger partial charge in [-0.25, -0.2) is 4.39 Å². The molecule has 1 aliphatic heterocycles. The first-order valence-corrected chi connectivity index (χ1v) is 6.85. The summed E-state index contributed by atoms with van der Waals surface area (Å²) < 4.78 is 14.3. The van der Waals surface area contributed by atoms with E-state index in [-0.39, 0.29) is 29.9 Å². The van der Waals surface area contributed by atoms with Crippen LogP contribution in [0.4, 0.5) is 10.1 Å². The Morgan fingerprint density at radius 1 is 1.53 bits per heavy atom. The molecule has 6 heteroatoms. The van der Waals surface area contributed by atoms with Crippen LogP contribution >= 0.6 is 28.3 Å². The van der Waals surface area contributed by atoms with Crippen molar-refractivity contribution in [2.24, 2.45) is 5.92 Å². The molecule has 3 nitrogen and oxygen atoms in total. The molecular formula is C13H17BrClFN2O. The molecule has 0 unspecified atom stereocenters. The third kappa shape index (κ3) is 4.44. The Balaban J connectivity index is 0.00000180. The van der Waals surface area contributed by atoms with Crippen LogP contribution in [0.2, 0.25) is 0 Å².